The van der Waals surface area contributed by atoms with E-state index < -0.39 is 17.9 Å². The molecule has 0 saturated carbocycles. The molecule has 5 nitrogen and oxygen atoms in total. The van der Waals surface area contributed by atoms with Crippen LogP contribution in [0.2, 0.25) is 0 Å². The molecule has 0 fully saturated rings. The van der Waals surface area contributed by atoms with Gasteiger partial charge in [0.1, 0.15) is 0 Å². The molecule has 0 aliphatic heterocycles. The molecule has 0 radical (unpaired) electrons. The Hall–Kier alpha value is -1.11. The minimum Gasteiger partial charge on any atom is -0.768 e. The van der Waals surface area contributed by atoms with Gasteiger partial charge in [-0.3, -0.25) is 4.21 Å². The van der Waals surface area contributed by atoms with Gasteiger partial charge < -0.3 is 19.1 Å². The van der Waals surface area contributed by atoms with Gasteiger partial charge in [-0.2, -0.15) is 0 Å². The van der Waals surface area contributed by atoms with E-state index in [1.165, 1.54) is 25.3 Å². The molecule has 78 valence electrons. The zero-order valence-electron chi connectivity index (χ0n) is 7.43. The fourth-order valence-electron chi connectivity index (χ4n) is 0.943. The van der Waals surface area contributed by atoms with Crippen LogP contribution in [0.5, 0.6) is 11.5 Å². The van der Waals surface area contributed by atoms with E-state index in [-0.39, 0.29) is 10.6 Å². The molecule has 0 saturated heterocycles. The molecule has 0 aromatic heterocycles. The fourth-order valence-corrected chi connectivity index (χ4v) is 1.33. The number of hydrogen-bond donors (Lipinski definition) is 1. The van der Waals surface area contributed by atoms with E-state index in [2.05, 4.69) is 0 Å². The van der Waals surface area contributed by atoms with Gasteiger partial charge in [-0.05, 0) is 29.3 Å². The summed E-state index contributed by atoms with van der Waals surface area (Å²) >= 11 is -2.32. The van der Waals surface area contributed by atoms with Crippen molar-refractivity contribution in [2.45, 2.75) is 4.90 Å². The van der Waals surface area contributed by atoms with Gasteiger partial charge in [-0.1, -0.05) is 0 Å². The molecule has 1 aromatic carbocycles. The number of ether oxygens (including phenoxy) is 2. The van der Waals surface area contributed by atoms with Crippen molar-refractivity contribution < 1.29 is 23.3 Å². The lowest BCUT2D eigenvalue weighted by Gasteiger charge is -2.11. The Bertz CT molecular complexity index is 339. The summed E-state index contributed by atoms with van der Waals surface area (Å²) in [5, 5.41) is 8.54. The second-order valence-electron chi connectivity index (χ2n) is 2.32. The van der Waals surface area contributed by atoms with E-state index >= 15 is 0 Å². The number of aliphatic hydroxyl groups is 1. The summed E-state index contributed by atoms with van der Waals surface area (Å²) in [5.74, 6) is 0.560. The van der Waals surface area contributed by atoms with Gasteiger partial charge in [-0.15, -0.1) is 0 Å². The van der Waals surface area contributed by atoms with Crippen molar-refractivity contribution in [1.29, 1.82) is 0 Å². The minimum absolute atomic E-state index is 0.0780. The first kappa shape index (κ1) is 11.0. The smallest absolute Gasteiger partial charge is 0.186 e. The lowest BCUT2D eigenvalue weighted by atomic mass is 10.3. The first-order valence-electron chi connectivity index (χ1n) is 3.70. The molecule has 0 aliphatic carbocycles. The van der Waals surface area contributed by atoms with Gasteiger partial charge in [0, 0.05) is 4.90 Å². The van der Waals surface area contributed by atoms with Crippen LogP contribution in [-0.2, 0) is 11.1 Å². The van der Waals surface area contributed by atoms with Crippen LogP contribution in [-0.4, -0.2) is 27.8 Å². The zero-order chi connectivity index (χ0) is 10.6. The topological polar surface area (TPSA) is 78.8 Å². The highest BCUT2D eigenvalue weighted by atomic mass is 32.2. The molecule has 0 amide bonds. The van der Waals surface area contributed by atoms with Gasteiger partial charge in [0.25, 0.3) is 0 Å². The van der Waals surface area contributed by atoms with Crippen LogP contribution in [0, 0.1) is 0 Å². The molecule has 6 heteroatoms. The van der Waals surface area contributed by atoms with Crippen molar-refractivity contribution in [3.8, 4) is 11.5 Å². The molecule has 1 aromatic rings. The van der Waals surface area contributed by atoms with Gasteiger partial charge >= 0.3 is 0 Å². The van der Waals surface area contributed by atoms with Gasteiger partial charge in [0.2, 0.25) is 0 Å². The maximum absolute atomic E-state index is 10.6. The quantitative estimate of drug-likeness (QED) is 0.578. The largest absolute Gasteiger partial charge is 0.768 e. The second-order valence-corrected chi connectivity index (χ2v) is 3.26. The summed E-state index contributed by atoms with van der Waals surface area (Å²) < 4.78 is 30.9. The van der Waals surface area contributed by atoms with Crippen LogP contribution in [0.1, 0.15) is 0 Å². The van der Waals surface area contributed by atoms with Crippen LogP contribution < -0.4 is 9.47 Å². The average molecular weight is 217 g/mol. The Morgan fingerprint density at radius 1 is 1.50 bits per heavy atom. The van der Waals surface area contributed by atoms with E-state index in [4.69, 9.17) is 14.6 Å². The third-order valence-electron chi connectivity index (χ3n) is 1.55. The summed E-state index contributed by atoms with van der Waals surface area (Å²) in [6.45, 7) is -0.536. The molecule has 0 aliphatic rings. The maximum Gasteiger partial charge on any atom is 0.186 e. The molecule has 14 heavy (non-hydrogen) atoms. The van der Waals surface area contributed by atoms with Gasteiger partial charge in [0.15, 0.2) is 18.3 Å². The molecule has 1 N–H and O–H groups in total. The number of aliphatic hydroxyl groups excluding tert-OH is 1. The van der Waals surface area contributed by atoms with Crippen molar-refractivity contribution in [3.05, 3.63) is 18.2 Å². The number of methoxy groups -OCH3 is 1. The second kappa shape index (κ2) is 4.94. The highest BCUT2D eigenvalue weighted by molar-refractivity contribution is 7.79. The molecule has 1 atom stereocenters. The van der Waals surface area contributed by atoms with E-state index in [9.17, 15) is 8.76 Å². The van der Waals surface area contributed by atoms with Gasteiger partial charge in [0.05, 0.1) is 7.11 Å². The van der Waals surface area contributed by atoms with Crippen LogP contribution in [0.25, 0.3) is 0 Å². The predicted octanol–water partition coefficient (Wildman–Crippen LogP) is 0.262. The highest BCUT2D eigenvalue weighted by Gasteiger charge is 2.05. The van der Waals surface area contributed by atoms with Crippen LogP contribution in [0.15, 0.2) is 23.1 Å². The van der Waals surface area contributed by atoms with E-state index in [0.29, 0.717) is 5.75 Å². The van der Waals surface area contributed by atoms with Crippen molar-refractivity contribution in [3.63, 3.8) is 0 Å². The lowest BCUT2D eigenvalue weighted by molar-refractivity contribution is 0.0951. The van der Waals surface area contributed by atoms with E-state index in [1.807, 2.05) is 0 Å². The highest BCUT2D eigenvalue weighted by Crippen LogP contribution is 2.28. The first-order valence-corrected chi connectivity index (χ1v) is 4.77. The lowest BCUT2D eigenvalue weighted by Crippen LogP contribution is -1.99. The Balaban J connectivity index is 3.07. The fraction of sp³-hybridized carbons (Fsp3) is 0.250. The number of rotatable bonds is 4. The third kappa shape index (κ3) is 2.44. The molecule has 0 spiro atoms. The monoisotopic (exact) mass is 217 g/mol. The predicted molar refractivity (Wildman–Crippen MR) is 47.9 cm³/mol. The molecular weight excluding hydrogens is 208 g/mol. The Morgan fingerprint density at radius 2 is 2.21 bits per heavy atom. The van der Waals surface area contributed by atoms with Crippen molar-refractivity contribution in [2.75, 3.05) is 13.9 Å². The summed E-state index contributed by atoms with van der Waals surface area (Å²) in [6, 6.07) is 4.11. The molecule has 0 heterocycles. The maximum atomic E-state index is 10.6. The molecular formula is C8H9O5S-. The number of benzene rings is 1. The summed E-state index contributed by atoms with van der Waals surface area (Å²) in [6.07, 6.45) is 0. The Morgan fingerprint density at radius 3 is 2.71 bits per heavy atom. The van der Waals surface area contributed by atoms with Crippen molar-refractivity contribution in [1.82, 2.24) is 0 Å². The zero-order valence-corrected chi connectivity index (χ0v) is 8.24. The first-order chi connectivity index (χ1) is 6.69. The molecule has 0 bridgehead atoms. The van der Waals surface area contributed by atoms with Crippen molar-refractivity contribution >= 4 is 11.1 Å². The normalized spacial score (nSPS) is 12.2. The number of hydrogen-bond acceptors (Lipinski definition) is 5. The van der Waals surface area contributed by atoms with E-state index in [1.54, 1.807) is 0 Å². The van der Waals surface area contributed by atoms with Crippen LogP contribution in [0.4, 0.5) is 0 Å². The molecule has 1 rings (SSSR count). The Kier molecular flexibility index (Phi) is 3.87. The summed E-state index contributed by atoms with van der Waals surface area (Å²) in [4.78, 5) is 0.0780. The third-order valence-corrected chi connectivity index (χ3v) is 2.19. The van der Waals surface area contributed by atoms with Crippen molar-refractivity contribution in [2.24, 2.45) is 0 Å². The average Bonchev–Trinajstić information content (AvgIpc) is 2.18. The van der Waals surface area contributed by atoms with E-state index in [0.717, 1.165) is 0 Å². The summed E-state index contributed by atoms with van der Waals surface area (Å²) in [7, 11) is 1.42. The van der Waals surface area contributed by atoms with Crippen LogP contribution >= 0.6 is 0 Å². The standard InChI is InChI=1S/C8H10O5S/c1-12-7-3-2-6(14(10)11)4-8(7)13-5-9/h2-4,9H,5H2,1H3,(H,10,11)/p-1. The van der Waals surface area contributed by atoms with Gasteiger partial charge in [-0.25, -0.2) is 0 Å². The minimum atomic E-state index is -2.32. The SMILES string of the molecule is COc1ccc(S(=O)[O-])cc1OCO. The molecule has 1 unspecified atom stereocenters. The van der Waals surface area contributed by atoms with Crippen LogP contribution in [0.3, 0.4) is 0 Å². The Labute approximate surface area is 83.6 Å². The summed E-state index contributed by atoms with van der Waals surface area (Å²) in [5.41, 5.74) is 0.